The second-order valence-corrected chi connectivity index (χ2v) is 10.1. The Balaban J connectivity index is 2.25. The number of hydrogen-bond donors (Lipinski definition) is 1. The fourth-order valence-electron chi connectivity index (χ4n) is 2.68. The molecule has 2 aromatic carbocycles. The van der Waals surface area contributed by atoms with Crippen molar-refractivity contribution in [2.75, 3.05) is 6.54 Å². The van der Waals surface area contributed by atoms with Crippen molar-refractivity contribution >= 4 is 11.8 Å². The zero-order chi connectivity index (χ0) is 23.2. The monoisotopic (exact) mass is 425 g/mol. The summed E-state index contributed by atoms with van der Waals surface area (Å²) in [6, 6.07) is 12.6. The second-order valence-electron chi connectivity index (χ2n) is 10.1. The molecule has 0 heterocycles. The van der Waals surface area contributed by atoms with Crippen LogP contribution in [0.3, 0.4) is 0 Å². The first-order valence-electron chi connectivity index (χ1n) is 10.7. The van der Waals surface area contributed by atoms with Gasteiger partial charge in [-0.05, 0) is 69.9 Å². The zero-order valence-electron chi connectivity index (χ0n) is 19.8. The lowest BCUT2D eigenvalue weighted by Gasteiger charge is -2.20. The maximum Gasteiger partial charge on any atom is 0.311 e. The number of carbonyl (C=O) groups is 2. The average Bonchev–Trinajstić information content (AvgIpc) is 2.66. The number of benzene rings is 2. The van der Waals surface area contributed by atoms with Crippen molar-refractivity contribution < 1.29 is 19.1 Å². The Morgan fingerprint density at radius 1 is 0.903 bits per heavy atom. The van der Waals surface area contributed by atoms with Gasteiger partial charge in [0.1, 0.15) is 5.75 Å². The number of ether oxygens (including phenoxy) is 2. The van der Waals surface area contributed by atoms with Gasteiger partial charge in [-0.2, -0.15) is 0 Å². The molecule has 0 unspecified atom stereocenters. The van der Waals surface area contributed by atoms with Crippen LogP contribution in [0, 0.1) is 12.3 Å². The molecular formula is C26H35NO4. The molecule has 5 heteroatoms. The summed E-state index contributed by atoms with van der Waals surface area (Å²) in [7, 11) is 0. The molecule has 0 atom stereocenters. The topological polar surface area (TPSA) is 64.6 Å². The van der Waals surface area contributed by atoms with Gasteiger partial charge in [0.2, 0.25) is 0 Å². The minimum atomic E-state index is -0.346. The molecule has 5 nitrogen and oxygen atoms in total. The summed E-state index contributed by atoms with van der Waals surface area (Å²) in [6.07, 6.45) is 0.991. The highest BCUT2D eigenvalue weighted by atomic mass is 16.6. The zero-order valence-corrected chi connectivity index (χ0v) is 19.8. The summed E-state index contributed by atoms with van der Waals surface area (Å²) in [5, 5.41) is 3.19. The molecule has 0 saturated heterocycles. The van der Waals surface area contributed by atoms with Crippen LogP contribution in [0.25, 0.3) is 0 Å². The Labute approximate surface area is 186 Å². The number of esters is 1. The quantitative estimate of drug-likeness (QED) is 0.315. The molecule has 0 aliphatic carbocycles. The number of rotatable bonds is 8. The minimum absolute atomic E-state index is 0.0245. The van der Waals surface area contributed by atoms with Crippen molar-refractivity contribution in [2.24, 2.45) is 5.41 Å². The summed E-state index contributed by atoms with van der Waals surface area (Å²) in [5.41, 5.74) is 1.43. The van der Waals surface area contributed by atoms with Gasteiger partial charge in [-0.15, -0.1) is 0 Å². The standard InChI is InChI=1S/C26H35NO4/c1-18-8-11-20(12-9-18)30-22-13-10-19(21(28)17-27-26(5,6)7)16-23(22)31-24(29)14-15-25(2,3)4/h8-13,16,27H,14-15,17H2,1-7H3. The van der Waals surface area contributed by atoms with Gasteiger partial charge in [-0.3, -0.25) is 9.59 Å². The van der Waals surface area contributed by atoms with Crippen molar-refractivity contribution in [2.45, 2.75) is 66.8 Å². The number of nitrogens with one attached hydrogen (secondary N) is 1. The van der Waals surface area contributed by atoms with E-state index in [9.17, 15) is 9.59 Å². The summed E-state index contributed by atoms with van der Waals surface area (Å²) in [5.74, 6) is 0.852. The molecule has 31 heavy (non-hydrogen) atoms. The van der Waals surface area contributed by atoms with Gasteiger partial charge in [-0.1, -0.05) is 38.5 Å². The van der Waals surface area contributed by atoms with Crippen molar-refractivity contribution in [1.29, 1.82) is 0 Å². The van der Waals surface area contributed by atoms with Gasteiger partial charge in [0, 0.05) is 17.5 Å². The highest BCUT2D eigenvalue weighted by Crippen LogP contribution is 2.33. The molecule has 0 bridgehead atoms. The van der Waals surface area contributed by atoms with E-state index in [0.717, 1.165) is 5.56 Å². The lowest BCUT2D eigenvalue weighted by Crippen LogP contribution is -2.39. The van der Waals surface area contributed by atoms with E-state index in [1.54, 1.807) is 18.2 Å². The van der Waals surface area contributed by atoms with Gasteiger partial charge in [0.05, 0.1) is 6.54 Å². The molecule has 1 N–H and O–H groups in total. The lowest BCUT2D eigenvalue weighted by molar-refractivity contribution is -0.135. The number of hydrogen-bond acceptors (Lipinski definition) is 5. The maximum atomic E-state index is 12.6. The van der Waals surface area contributed by atoms with Crippen LogP contribution >= 0.6 is 0 Å². The van der Waals surface area contributed by atoms with Gasteiger partial charge >= 0.3 is 5.97 Å². The number of carbonyl (C=O) groups excluding carboxylic acids is 2. The normalized spacial score (nSPS) is 11.8. The van der Waals surface area contributed by atoms with Crippen LogP contribution in [0.15, 0.2) is 42.5 Å². The fraction of sp³-hybridized carbons (Fsp3) is 0.462. The molecule has 168 valence electrons. The molecule has 0 radical (unpaired) electrons. The Bertz CT molecular complexity index is 902. The maximum absolute atomic E-state index is 12.6. The Morgan fingerprint density at radius 2 is 1.55 bits per heavy atom. The Morgan fingerprint density at radius 3 is 2.13 bits per heavy atom. The van der Waals surface area contributed by atoms with Crippen LogP contribution in [0.1, 0.15) is 70.3 Å². The van der Waals surface area contributed by atoms with Gasteiger partial charge in [0.25, 0.3) is 0 Å². The van der Waals surface area contributed by atoms with E-state index in [2.05, 4.69) is 26.1 Å². The number of Topliss-reactive ketones (excluding diaryl/α,β-unsaturated/α-hetero) is 1. The lowest BCUT2D eigenvalue weighted by atomic mass is 9.91. The summed E-state index contributed by atoms with van der Waals surface area (Å²) in [4.78, 5) is 25.1. The van der Waals surface area contributed by atoms with Crippen molar-refractivity contribution in [3.63, 3.8) is 0 Å². The summed E-state index contributed by atoms with van der Waals surface area (Å²) in [6.45, 7) is 14.4. The molecular weight excluding hydrogens is 390 g/mol. The Hall–Kier alpha value is -2.66. The first kappa shape index (κ1) is 24.6. The molecule has 0 aliphatic rings. The largest absolute Gasteiger partial charge is 0.453 e. The molecule has 0 aliphatic heterocycles. The highest BCUT2D eigenvalue weighted by Gasteiger charge is 2.19. The summed E-state index contributed by atoms with van der Waals surface area (Å²) < 4.78 is 11.6. The molecule has 0 amide bonds. The van der Waals surface area contributed by atoms with Crippen LogP contribution in [0.4, 0.5) is 0 Å². The average molecular weight is 426 g/mol. The van der Waals surface area contributed by atoms with Crippen molar-refractivity contribution in [3.8, 4) is 17.2 Å². The molecule has 2 rings (SSSR count). The highest BCUT2D eigenvalue weighted by molar-refractivity contribution is 5.98. The van der Waals surface area contributed by atoms with Gasteiger partial charge in [-0.25, -0.2) is 0 Å². The van der Waals surface area contributed by atoms with Crippen LogP contribution in [0.5, 0.6) is 17.2 Å². The van der Waals surface area contributed by atoms with Crippen LogP contribution in [-0.2, 0) is 4.79 Å². The van der Waals surface area contributed by atoms with E-state index in [4.69, 9.17) is 9.47 Å². The van der Waals surface area contributed by atoms with Crippen molar-refractivity contribution in [3.05, 3.63) is 53.6 Å². The van der Waals surface area contributed by atoms with E-state index in [1.807, 2.05) is 52.0 Å². The molecule has 0 saturated carbocycles. The van der Waals surface area contributed by atoms with Gasteiger partial charge in [0.15, 0.2) is 17.3 Å². The minimum Gasteiger partial charge on any atom is -0.453 e. The van der Waals surface area contributed by atoms with Crippen LogP contribution in [0.2, 0.25) is 0 Å². The smallest absolute Gasteiger partial charge is 0.311 e. The third kappa shape index (κ3) is 8.93. The molecule has 0 spiro atoms. The second kappa shape index (κ2) is 10.1. The molecule has 2 aromatic rings. The predicted molar refractivity (Wildman–Crippen MR) is 124 cm³/mol. The van der Waals surface area contributed by atoms with Crippen LogP contribution < -0.4 is 14.8 Å². The van der Waals surface area contributed by atoms with E-state index >= 15 is 0 Å². The van der Waals surface area contributed by atoms with E-state index in [1.165, 1.54) is 0 Å². The number of aryl methyl sites for hydroxylation is 1. The third-order valence-electron chi connectivity index (χ3n) is 4.60. The van der Waals surface area contributed by atoms with Crippen molar-refractivity contribution in [1.82, 2.24) is 5.32 Å². The van der Waals surface area contributed by atoms with E-state index in [0.29, 0.717) is 23.5 Å². The molecule has 0 fully saturated rings. The SMILES string of the molecule is Cc1ccc(Oc2ccc(C(=O)CNC(C)(C)C)cc2OC(=O)CCC(C)(C)C)cc1. The first-order valence-corrected chi connectivity index (χ1v) is 10.7. The first-order chi connectivity index (χ1) is 14.3. The number of ketones is 1. The fourth-order valence-corrected chi connectivity index (χ4v) is 2.68. The van der Waals surface area contributed by atoms with E-state index < -0.39 is 0 Å². The molecule has 0 aromatic heterocycles. The van der Waals surface area contributed by atoms with Crippen LogP contribution in [-0.4, -0.2) is 23.8 Å². The Kier molecular flexibility index (Phi) is 8.02. The third-order valence-corrected chi connectivity index (χ3v) is 4.60. The van der Waals surface area contributed by atoms with Gasteiger partial charge < -0.3 is 14.8 Å². The summed E-state index contributed by atoms with van der Waals surface area (Å²) >= 11 is 0. The predicted octanol–water partition coefficient (Wildman–Crippen LogP) is 6.09. The van der Waals surface area contributed by atoms with E-state index in [-0.39, 0.29) is 41.4 Å².